The average Bonchev–Trinajstić information content (AvgIpc) is 2.56. The van der Waals surface area contributed by atoms with Crippen molar-refractivity contribution in [2.45, 2.75) is 64.5 Å². The molecule has 2 aliphatic rings. The summed E-state index contributed by atoms with van der Waals surface area (Å²) in [5.74, 6) is 0.812. The number of rotatable bonds is 3. The third kappa shape index (κ3) is 3.44. The van der Waals surface area contributed by atoms with E-state index >= 15 is 0 Å². The van der Waals surface area contributed by atoms with Crippen LogP contribution in [0.25, 0.3) is 0 Å². The van der Waals surface area contributed by atoms with E-state index in [4.69, 9.17) is 4.74 Å². The quantitative estimate of drug-likeness (QED) is 0.709. The van der Waals surface area contributed by atoms with Gasteiger partial charge in [0.2, 0.25) is 0 Å². The molecule has 0 aromatic carbocycles. The normalized spacial score (nSPS) is 26.9. The first-order valence-electron chi connectivity index (χ1n) is 6.92. The van der Waals surface area contributed by atoms with Crippen molar-refractivity contribution < 1.29 is 9.53 Å². The van der Waals surface area contributed by atoms with Crippen LogP contribution in [0.2, 0.25) is 0 Å². The molecule has 3 heteroatoms. The Morgan fingerprint density at radius 1 is 1.24 bits per heavy atom. The molecule has 1 saturated carbocycles. The second-order valence-electron chi connectivity index (χ2n) is 6.48. The second kappa shape index (κ2) is 4.97. The number of carbonyl (C=O) groups is 1. The first-order chi connectivity index (χ1) is 7.96. The zero-order valence-corrected chi connectivity index (χ0v) is 11.4. The zero-order valence-electron chi connectivity index (χ0n) is 11.4. The number of ether oxygens (including phenoxy) is 1. The molecule has 0 amide bonds. The minimum absolute atomic E-state index is 0.0191. The highest BCUT2D eigenvalue weighted by molar-refractivity contribution is 5.76. The molecule has 2 rings (SSSR count). The molecule has 0 N–H and O–H groups in total. The molecule has 1 aliphatic carbocycles. The molecule has 1 atom stereocenters. The van der Waals surface area contributed by atoms with Crippen molar-refractivity contribution in [1.29, 1.82) is 0 Å². The molecule has 0 bridgehead atoms. The Labute approximate surface area is 105 Å². The molecule has 17 heavy (non-hydrogen) atoms. The summed E-state index contributed by atoms with van der Waals surface area (Å²) in [7, 11) is 0. The minimum atomic E-state index is -0.359. The van der Waals surface area contributed by atoms with Gasteiger partial charge in [-0.1, -0.05) is 6.42 Å². The fourth-order valence-electron chi connectivity index (χ4n) is 2.69. The molecule has 1 saturated heterocycles. The number of esters is 1. The van der Waals surface area contributed by atoms with E-state index < -0.39 is 0 Å². The number of hydrogen-bond donors (Lipinski definition) is 0. The number of nitrogens with zero attached hydrogens (tertiary/aromatic N) is 1. The summed E-state index contributed by atoms with van der Waals surface area (Å²) in [6, 6.07) is 0.0230. The molecule has 1 heterocycles. The van der Waals surface area contributed by atoms with Gasteiger partial charge in [0.15, 0.2) is 0 Å². The van der Waals surface area contributed by atoms with Crippen LogP contribution >= 0.6 is 0 Å². The van der Waals surface area contributed by atoms with Crippen LogP contribution in [0.4, 0.5) is 0 Å². The van der Waals surface area contributed by atoms with Crippen molar-refractivity contribution in [1.82, 2.24) is 4.90 Å². The van der Waals surface area contributed by atoms with Crippen LogP contribution in [-0.4, -0.2) is 35.6 Å². The molecule has 98 valence electrons. The molecule has 0 aromatic rings. The first kappa shape index (κ1) is 12.9. The van der Waals surface area contributed by atoms with E-state index in [9.17, 15) is 4.79 Å². The first-order valence-corrected chi connectivity index (χ1v) is 6.92. The van der Waals surface area contributed by atoms with E-state index in [0.29, 0.717) is 0 Å². The summed E-state index contributed by atoms with van der Waals surface area (Å²) in [5.41, 5.74) is -0.359. The third-order valence-corrected chi connectivity index (χ3v) is 3.76. The van der Waals surface area contributed by atoms with E-state index in [2.05, 4.69) is 4.90 Å². The second-order valence-corrected chi connectivity index (χ2v) is 6.48. The molecule has 0 unspecified atom stereocenters. The van der Waals surface area contributed by atoms with Gasteiger partial charge in [0.25, 0.3) is 0 Å². The molecular formula is C14H25NO2. The van der Waals surface area contributed by atoms with Gasteiger partial charge in [-0.2, -0.15) is 0 Å². The largest absolute Gasteiger partial charge is 0.459 e. The van der Waals surface area contributed by atoms with Crippen LogP contribution in [-0.2, 0) is 9.53 Å². The summed E-state index contributed by atoms with van der Waals surface area (Å²) in [6.45, 7) is 7.99. The maximum atomic E-state index is 12.1. The van der Waals surface area contributed by atoms with E-state index in [1.54, 1.807) is 0 Å². The topological polar surface area (TPSA) is 29.5 Å². The maximum absolute atomic E-state index is 12.1. The Kier molecular flexibility index (Phi) is 3.76. The van der Waals surface area contributed by atoms with Gasteiger partial charge in [0, 0.05) is 6.54 Å². The van der Waals surface area contributed by atoms with Crippen molar-refractivity contribution in [2.75, 3.05) is 13.1 Å². The Hall–Kier alpha value is -0.570. The van der Waals surface area contributed by atoms with Crippen LogP contribution in [0, 0.1) is 5.92 Å². The van der Waals surface area contributed by atoms with Gasteiger partial charge >= 0.3 is 5.97 Å². The van der Waals surface area contributed by atoms with Gasteiger partial charge in [-0.3, -0.25) is 9.69 Å². The van der Waals surface area contributed by atoms with Crippen LogP contribution in [0.5, 0.6) is 0 Å². The molecule has 2 fully saturated rings. The Morgan fingerprint density at radius 3 is 2.47 bits per heavy atom. The smallest absolute Gasteiger partial charge is 0.323 e. The van der Waals surface area contributed by atoms with Gasteiger partial charge < -0.3 is 4.74 Å². The summed E-state index contributed by atoms with van der Waals surface area (Å²) >= 11 is 0. The predicted molar refractivity (Wildman–Crippen MR) is 67.8 cm³/mol. The molecule has 1 aliphatic heterocycles. The lowest BCUT2D eigenvalue weighted by atomic mass is 9.85. The summed E-state index contributed by atoms with van der Waals surface area (Å²) < 4.78 is 5.50. The molecule has 0 spiro atoms. The Bertz CT molecular complexity index is 278. The minimum Gasteiger partial charge on any atom is -0.459 e. The van der Waals surface area contributed by atoms with Crippen molar-refractivity contribution in [2.24, 2.45) is 5.92 Å². The fraction of sp³-hybridized carbons (Fsp3) is 0.929. The molecule has 0 aromatic heterocycles. The lowest BCUT2D eigenvalue weighted by molar-refractivity contribution is -0.160. The van der Waals surface area contributed by atoms with E-state index in [-0.39, 0.29) is 17.6 Å². The number of likely N-dealkylation sites (tertiary alicyclic amines) is 1. The third-order valence-electron chi connectivity index (χ3n) is 3.76. The van der Waals surface area contributed by atoms with Gasteiger partial charge in [-0.15, -0.1) is 0 Å². The summed E-state index contributed by atoms with van der Waals surface area (Å²) in [4.78, 5) is 14.4. The molecule has 3 nitrogen and oxygen atoms in total. The Morgan fingerprint density at radius 2 is 1.94 bits per heavy atom. The van der Waals surface area contributed by atoms with Crippen molar-refractivity contribution in [3.63, 3.8) is 0 Å². The van der Waals surface area contributed by atoms with Gasteiger partial charge in [-0.25, -0.2) is 0 Å². The number of hydrogen-bond acceptors (Lipinski definition) is 3. The van der Waals surface area contributed by atoms with E-state index in [1.165, 1.54) is 19.3 Å². The highest BCUT2D eigenvalue weighted by Crippen LogP contribution is 2.30. The standard InChI is InChI=1S/C14H25NO2/c1-14(2,3)17-13(16)12-8-5-9-15(12)10-11-6-4-7-11/h11-12H,4-10H2,1-3H3/t12-/m1/s1. The van der Waals surface area contributed by atoms with Crippen LogP contribution in [0.3, 0.4) is 0 Å². The van der Waals surface area contributed by atoms with Crippen molar-refractivity contribution >= 4 is 5.97 Å². The molecule has 0 radical (unpaired) electrons. The Balaban J connectivity index is 1.87. The SMILES string of the molecule is CC(C)(C)OC(=O)[C@H]1CCCN1CC1CCC1. The predicted octanol–water partition coefficient (Wildman–Crippen LogP) is 2.59. The van der Waals surface area contributed by atoms with Crippen LogP contribution in [0.15, 0.2) is 0 Å². The van der Waals surface area contributed by atoms with E-state index in [0.717, 1.165) is 31.8 Å². The van der Waals surface area contributed by atoms with E-state index in [1.807, 2.05) is 20.8 Å². The molecular weight excluding hydrogens is 214 g/mol. The zero-order chi connectivity index (χ0) is 12.5. The van der Waals surface area contributed by atoms with Gasteiger partial charge in [0.1, 0.15) is 11.6 Å². The van der Waals surface area contributed by atoms with Gasteiger partial charge in [-0.05, 0) is 58.9 Å². The summed E-state index contributed by atoms with van der Waals surface area (Å²) in [6.07, 6.45) is 6.17. The lowest BCUT2D eigenvalue weighted by Gasteiger charge is -2.33. The average molecular weight is 239 g/mol. The number of carbonyl (C=O) groups excluding carboxylic acids is 1. The highest BCUT2D eigenvalue weighted by Gasteiger charge is 2.35. The van der Waals surface area contributed by atoms with Crippen molar-refractivity contribution in [3.8, 4) is 0 Å². The van der Waals surface area contributed by atoms with Gasteiger partial charge in [0.05, 0.1) is 0 Å². The van der Waals surface area contributed by atoms with Crippen LogP contribution < -0.4 is 0 Å². The maximum Gasteiger partial charge on any atom is 0.323 e. The lowest BCUT2D eigenvalue weighted by Crippen LogP contribution is -2.43. The highest BCUT2D eigenvalue weighted by atomic mass is 16.6. The van der Waals surface area contributed by atoms with Crippen molar-refractivity contribution in [3.05, 3.63) is 0 Å². The monoisotopic (exact) mass is 239 g/mol. The van der Waals surface area contributed by atoms with Crippen LogP contribution in [0.1, 0.15) is 52.9 Å². The summed E-state index contributed by atoms with van der Waals surface area (Å²) in [5, 5.41) is 0. The fourth-order valence-corrected chi connectivity index (χ4v) is 2.69.